The van der Waals surface area contributed by atoms with E-state index in [4.69, 9.17) is 11.6 Å². The Morgan fingerprint density at radius 1 is 1.10 bits per heavy atom. The van der Waals surface area contributed by atoms with Crippen LogP contribution in [0.2, 0.25) is 5.02 Å². The molecular formula is C23H19ClN4OS. The third-order valence-electron chi connectivity index (χ3n) is 5.43. The molecular weight excluding hydrogens is 416 g/mol. The van der Waals surface area contributed by atoms with Gasteiger partial charge in [-0.1, -0.05) is 71.4 Å². The summed E-state index contributed by atoms with van der Waals surface area (Å²) in [6.07, 6.45) is 3.00. The molecule has 0 fully saturated rings. The van der Waals surface area contributed by atoms with Crippen LogP contribution in [0.4, 0.5) is 0 Å². The SMILES string of the molecule is Cc1ccc([C@@H]2CC(=O)c3cn4nc(SCc5ccccc5Cl)nc4nc3C2)cc1. The lowest BCUT2D eigenvalue weighted by Crippen LogP contribution is -2.21. The zero-order chi connectivity index (χ0) is 20.7. The Balaban J connectivity index is 1.41. The Morgan fingerprint density at radius 3 is 2.70 bits per heavy atom. The lowest BCUT2D eigenvalue weighted by atomic mass is 9.82. The molecule has 0 spiro atoms. The molecule has 1 aliphatic rings. The van der Waals surface area contributed by atoms with Crippen LogP contribution in [0.3, 0.4) is 0 Å². The average molecular weight is 435 g/mol. The molecule has 1 atom stereocenters. The fourth-order valence-electron chi connectivity index (χ4n) is 3.76. The van der Waals surface area contributed by atoms with Gasteiger partial charge < -0.3 is 0 Å². The topological polar surface area (TPSA) is 60.2 Å². The van der Waals surface area contributed by atoms with Gasteiger partial charge in [0.25, 0.3) is 5.78 Å². The summed E-state index contributed by atoms with van der Waals surface area (Å²) in [7, 11) is 0. The van der Waals surface area contributed by atoms with Crippen molar-refractivity contribution in [1.29, 1.82) is 0 Å². The zero-order valence-electron chi connectivity index (χ0n) is 16.4. The maximum absolute atomic E-state index is 12.8. The minimum Gasteiger partial charge on any atom is -0.294 e. The molecule has 0 saturated carbocycles. The Hall–Kier alpha value is -2.70. The predicted octanol–water partition coefficient (Wildman–Crippen LogP) is 5.29. The molecule has 0 unspecified atom stereocenters. The number of carbonyl (C=O) groups excluding carboxylic acids is 1. The molecule has 30 heavy (non-hydrogen) atoms. The van der Waals surface area contributed by atoms with Crippen LogP contribution in [-0.2, 0) is 12.2 Å². The monoisotopic (exact) mass is 434 g/mol. The summed E-state index contributed by atoms with van der Waals surface area (Å²) in [6, 6.07) is 16.1. The number of thioether (sulfide) groups is 1. The first-order valence-corrected chi connectivity index (χ1v) is 11.2. The van der Waals surface area contributed by atoms with Crippen molar-refractivity contribution >= 4 is 34.9 Å². The highest BCUT2D eigenvalue weighted by Crippen LogP contribution is 2.32. The van der Waals surface area contributed by atoms with Crippen LogP contribution in [-0.4, -0.2) is 25.4 Å². The van der Waals surface area contributed by atoms with E-state index in [0.29, 0.717) is 28.7 Å². The van der Waals surface area contributed by atoms with Gasteiger partial charge in [-0.3, -0.25) is 4.79 Å². The minimum absolute atomic E-state index is 0.108. The quantitative estimate of drug-likeness (QED) is 0.408. The molecule has 4 aromatic rings. The second-order valence-corrected chi connectivity index (χ2v) is 8.91. The maximum Gasteiger partial charge on any atom is 0.253 e. The van der Waals surface area contributed by atoms with Crippen molar-refractivity contribution in [3.63, 3.8) is 0 Å². The molecule has 0 bridgehead atoms. The molecule has 0 aliphatic heterocycles. The number of carbonyl (C=O) groups is 1. The van der Waals surface area contributed by atoms with Crippen molar-refractivity contribution in [3.05, 3.63) is 87.7 Å². The number of rotatable bonds is 4. The van der Waals surface area contributed by atoms with Gasteiger partial charge in [-0.05, 0) is 36.5 Å². The summed E-state index contributed by atoms with van der Waals surface area (Å²) in [5, 5.41) is 5.85. The van der Waals surface area contributed by atoms with Gasteiger partial charge in [0.15, 0.2) is 5.78 Å². The molecule has 0 saturated heterocycles. The summed E-state index contributed by atoms with van der Waals surface area (Å²) < 4.78 is 1.61. The highest BCUT2D eigenvalue weighted by Gasteiger charge is 2.28. The molecule has 2 aromatic heterocycles. The Bertz CT molecular complexity index is 1250. The molecule has 0 N–H and O–H groups in total. The molecule has 5 nitrogen and oxygen atoms in total. The number of nitrogens with zero attached hydrogens (tertiary/aromatic N) is 4. The summed E-state index contributed by atoms with van der Waals surface area (Å²) in [4.78, 5) is 22.0. The highest BCUT2D eigenvalue weighted by atomic mass is 35.5. The summed E-state index contributed by atoms with van der Waals surface area (Å²) in [5.74, 6) is 1.45. The molecule has 2 heterocycles. The van der Waals surface area contributed by atoms with E-state index in [1.807, 2.05) is 24.3 Å². The average Bonchev–Trinajstić information content (AvgIpc) is 3.14. The van der Waals surface area contributed by atoms with Gasteiger partial charge in [0.1, 0.15) is 0 Å². The minimum atomic E-state index is 0.108. The maximum atomic E-state index is 12.8. The van der Waals surface area contributed by atoms with Crippen molar-refractivity contribution in [2.24, 2.45) is 0 Å². The number of benzene rings is 2. The number of hydrogen-bond acceptors (Lipinski definition) is 5. The van der Waals surface area contributed by atoms with E-state index in [0.717, 1.165) is 22.7 Å². The van der Waals surface area contributed by atoms with Gasteiger partial charge in [-0.2, -0.15) is 4.98 Å². The van der Waals surface area contributed by atoms with Gasteiger partial charge >= 0.3 is 0 Å². The fraction of sp³-hybridized carbons (Fsp3) is 0.217. The Labute approximate surface area is 183 Å². The Morgan fingerprint density at radius 2 is 1.90 bits per heavy atom. The number of aryl methyl sites for hydroxylation is 1. The standard InChI is InChI=1S/C23H19ClN4OS/c1-14-6-8-15(9-7-14)17-10-20-18(21(29)11-17)12-28-22(25-20)26-23(27-28)30-13-16-4-2-3-5-19(16)24/h2-9,12,17H,10-11,13H2,1H3/t17-/m0/s1. The molecule has 1 aliphatic carbocycles. The van der Waals surface area contributed by atoms with Crippen LogP contribution in [0.5, 0.6) is 0 Å². The van der Waals surface area contributed by atoms with Crippen LogP contribution in [0.15, 0.2) is 59.9 Å². The fourth-order valence-corrected chi connectivity index (χ4v) is 4.87. The number of Topliss-reactive ketones (excluding diaryl/α,β-unsaturated/α-hetero) is 1. The molecule has 150 valence electrons. The predicted molar refractivity (Wildman–Crippen MR) is 118 cm³/mol. The second-order valence-electron chi connectivity index (χ2n) is 7.56. The van der Waals surface area contributed by atoms with Gasteiger partial charge in [-0.15, -0.1) is 5.10 Å². The Kier molecular flexibility index (Phi) is 5.05. The van der Waals surface area contributed by atoms with Gasteiger partial charge in [0, 0.05) is 23.4 Å². The smallest absolute Gasteiger partial charge is 0.253 e. The molecule has 0 amide bonds. The number of fused-ring (bicyclic) bond motifs is 2. The van der Waals surface area contributed by atoms with Gasteiger partial charge in [-0.25, -0.2) is 9.50 Å². The van der Waals surface area contributed by atoms with E-state index >= 15 is 0 Å². The largest absolute Gasteiger partial charge is 0.294 e. The van der Waals surface area contributed by atoms with E-state index in [1.165, 1.54) is 22.9 Å². The second kappa shape index (κ2) is 7.85. The molecule has 2 aromatic carbocycles. The lowest BCUT2D eigenvalue weighted by Gasteiger charge is -2.23. The van der Waals surface area contributed by atoms with Crippen LogP contribution >= 0.6 is 23.4 Å². The van der Waals surface area contributed by atoms with Crippen molar-refractivity contribution in [2.45, 2.75) is 36.6 Å². The van der Waals surface area contributed by atoms with Crippen LogP contribution < -0.4 is 0 Å². The number of hydrogen-bond donors (Lipinski definition) is 0. The van der Waals surface area contributed by atoms with Crippen LogP contribution in [0.25, 0.3) is 5.78 Å². The molecule has 5 rings (SSSR count). The lowest BCUT2D eigenvalue weighted by molar-refractivity contribution is 0.0962. The van der Waals surface area contributed by atoms with Crippen molar-refractivity contribution < 1.29 is 4.79 Å². The van der Waals surface area contributed by atoms with Crippen molar-refractivity contribution in [2.75, 3.05) is 0 Å². The first-order valence-electron chi connectivity index (χ1n) is 9.79. The van der Waals surface area contributed by atoms with Gasteiger partial charge in [0.2, 0.25) is 5.16 Å². The summed E-state index contributed by atoms with van der Waals surface area (Å²) in [6.45, 7) is 2.07. The van der Waals surface area contributed by atoms with Crippen molar-refractivity contribution in [1.82, 2.24) is 19.6 Å². The third-order valence-corrected chi connectivity index (χ3v) is 6.68. The van der Waals surface area contributed by atoms with Gasteiger partial charge in [0.05, 0.1) is 11.3 Å². The van der Waals surface area contributed by atoms with Crippen LogP contribution in [0, 0.1) is 6.92 Å². The summed E-state index contributed by atoms with van der Waals surface area (Å²) >= 11 is 7.74. The normalized spacial score (nSPS) is 16.1. The first-order chi connectivity index (χ1) is 14.6. The number of aromatic nitrogens is 4. The van der Waals surface area contributed by atoms with Crippen molar-refractivity contribution in [3.8, 4) is 0 Å². The molecule has 0 radical (unpaired) electrons. The number of ketones is 1. The van der Waals surface area contributed by atoms with Crippen LogP contribution in [0.1, 0.15) is 45.1 Å². The highest BCUT2D eigenvalue weighted by molar-refractivity contribution is 7.98. The van der Waals surface area contributed by atoms with E-state index in [2.05, 4.69) is 46.3 Å². The van der Waals surface area contributed by atoms with E-state index in [9.17, 15) is 4.79 Å². The zero-order valence-corrected chi connectivity index (χ0v) is 18.0. The summed E-state index contributed by atoms with van der Waals surface area (Å²) in [5.41, 5.74) is 4.88. The number of halogens is 1. The molecule has 7 heteroatoms. The van der Waals surface area contributed by atoms with E-state index in [1.54, 1.807) is 10.7 Å². The first kappa shape index (κ1) is 19.3. The third kappa shape index (κ3) is 3.73. The van der Waals surface area contributed by atoms with E-state index in [-0.39, 0.29) is 11.7 Å². The van der Waals surface area contributed by atoms with E-state index < -0.39 is 0 Å².